The number of rotatable bonds is 13. The summed E-state index contributed by atoms with van der Waals surface area (Å²) in [5, 5.41) is 34.7. The zero-order valence-corrected chi connectivity index (χ0v) is 26.4. The average molecular weight is 589 g/mol. The summed E-state index contributed by atoms with van der Waals surface area (Å²) in [6.45, 7) is 11.2. The molecule has 2 saturated carbocycles. The molecular formula is C34H52O8. The summed E-state index contributed by atoms with van der Waals surface area (Å²) < 4.78 is 12.2. The van der Waals surface area contributed by atoms with Crippen molar-refractivity contribution in [3.05, 3.63) is 23.3 Å². The minimum Gasteiger partial charge on any atom is -0.458 e. The van der Waals surface area contributed by atoms with Gasteiger partial charge in [-0.2, -0.15) is 0 Å². The second kappa shape index (κ2) is 12.2. The van der Waals surface area contributed by atoms with Gasteiger partial charge in [-0.1, -0.05) is 85.3 Å². The summed E-state index contributed by atoms with van der Waals surface area (Å²) in [4.78, 5) is 40.9. The number of carbonyl (C=O) groups excluding carboxylic acids is 3. The molecule has 2 bridgehead atoms. The molecule has 0 saturated heterocycles. The zero-order chi connectivity index (χ0) is 31.1. The fraction of sp³-hybridized carbons (Fsp3) is 0.794. The van der Waals surface area contributed by atoms with E-state index in [9.17, 15) is 29.7 Å². The molecule has 3 N–H and O–H groups in total. The van der Waals surface area contributed by atoms with Gasteiger partial charge >= 0.3 is 11.9 Å². The van der Waals surface area contributed by atoms with Crippen LogP contribution in [0.4, 0.5) is 0 Å². The van der Waals surface area contributed by atoms with Gasteiger partial charge in [-0.15, -0.1) is 0 Å². The number of hydrogen-bond donors (Lipinski definition) is 3. The molecule has 8 nitrogen and oxygen atoms in total. The second-order valence-corrected chi connectivity index (χ2v) is 13.9. The monoisotopic (exact) mass is 588 g/mol. The number of allylic oxidation sites excluding steroid dienone is 1. The highest BCUT2D eigenvalue weighted by molar-refractivity contribution is 5.96. The summed E-state index contributed by atoms with van der Waals surface area (Å²) in [6, 6.07) is 0. The fourth-order valence-corrected chi connectivity index (χ4v) is 8.73. The number of ether oxygens (including phenoxy) is 2. The molecular weight excluding hydrogens is 536 g/mol. The highest BCUT2D eigenvalue weighted by Gasteiger charge is 2.83. The van der Waals surface area contributed by atoms with Crippen molar-refractivity contribution < 1.29 is 39.2 Å². The van der Waals surface area contributed by atoms with E-state index in [1.807, 2.05) is 27.7 Å². The highest BCUT2D eigenvalue weighted by atomic mass is 16.6. The standard InChI is InChI=1S/C34H52O8/c1-7-9-11-12-14-16-26(37)42-33-19-22(4)32-18-21(3)30(41-25(36)15-13-10-8-2)34(32,40)28(38)23(20-35)17-24(29(32)39)27(33)31(33,5)6/h17-18,22,24,27-28,30,35,38,40H,7-16,19-20H2,1-6H3/t22?,24-,27+,28+,30-,32?,33-,34-/m0/s1. The van der Waals surface area contributed by atoms with Crippen LogP contribution in [0.2, 0.25) is 0 Å². The minimum atomic E-state index is -2.22. The molecule has 8 heteroatoms. The Morgan fingerprint density at radius 3 is 2.24 bits per heavy atom. The first kappa shape index (κ1) is 32.9. The van der Waals surface area contributed by atoms with E-state index in [4.69, 9.17) is 9.47 Å². The van der Waals surface area contributed by atoms with Gasteiger partial charge in [0.05, 0.1) is 12.0 Å². The van der Waals surface area contributed by atoms with Crippen LogP contribution in [0.15, 0.2) is 23.3 Å². The molecule has 0 aromatic carbocycles. The normalized spacial score (nSPS) is 37.9. The molecule has 0 amide bonds. The van der Waals surface area contributed by atoms with Gasteiger partial charge in [-0.3, -0.25) is 14.4 Å². The summed E-state index contributed by atoms with van der Waals surface area (Å²) in [7, 11) is 0. The molecule has 0 aromatic heterocycles. The number of Topliss-reactive ketones (excluding diaryl/α,β-unsaturated/α-hetero) is 1. The van der Waals surface area contributed by atoms with Crippen molar-refractivity contribution in [2.45, 2.75) is 136 Å². The van der Waals surface area contributed by atoms with Crippen LogP contribution in [0.25, 0.3) is 0 Å². The molecule has 42 heavy (non-hydrogen) atoms. The van der Waals surface area contributed by atoms with E-state index >= 15 is 0 Å². The number of ketones is 1. The van der Waals surface area contributed by atoms with Crippen molar-refractivity contribution in [1.82, 2.24) is 0 Å². The summed E-state index contributed by atoms with van der Waals surface area (Å²) in [6.07, 6.45) is 8.62. The molecule has 1 spiro atoms. The number of carbonyl (C=O) groups is 3. The lowest BCUT2D eigenvalue weighted by atomic mass is 9.59. The fourth-order valence-electron chi connectivity index (χ4n) is 8.73. The maximum atomic E-state index is 14.8. The first-order valence-electron chi connectivity index (χ1n) is 16.2. The SMILES string of the molecule is CCCCCCCC(=O)O[C@@]12CC(C)C34C=C(C)[C@H](OC(=O)CCCCC)[C@@]3(O)[C@H](O)C(CO)=C[C@H](C4=O)[C@@H]1C2(C)C. The molecule has 0 aromatic rings. The molecule has 4 aliphatic rings. The largest absolute Gasteiger partial charge is 0.458 e. The van der Waals surface area contributed by atoms with Gasteiger partial charge in [0.25, 0.3) is 0 Å². The number of aliphatic hydroxyl groups is 3. The molecule has 8 atom stereocenters. The number of unbranched alkanes of at least 4 members (excludes halogenated alkanes) is 6. The van der Waals surface area contributed by atoms with Crippen molar-refractivity contribution >= 4 is 17.7 Å². The Bertz CT molecular complexity index is 1120. The highest BCUT2D eigenvalue weighted by Crippen LogP contribution is 2.75. The Kier molecular flexibility index (Phi) is 9.52. The van der Waals surface area contributed by atoms with Crippen LogP contribution < -0.4 is 0 Å². The number of aliphatic hydroxyl groups excluding tert-OH is 2. The number of esters is 2. The van der Waals surface area contributed by atoms with Crippen LogP contribution in [-0.4, -0.2) is 63.1 Å². The van der Waals surface area contributed by atoms with E-state index in [1.54, 1.807) is 19.1 Å². The van der Waals surface area contributed by atoms with Crippen molar-refractivity contribution in [2.24, 2.45) is 28.6 Å². The van der Waals surface area contributed by atoms with E-state index < -0.39 is 58.7 Å². The third-order valence-corrected chi connectivity index (χ3v) is 11.0. The van der Waals surface area contributed by atoms with Crippen LogP contribution in [0, 0.1) is 28.6 Å². The maximum absolute atomic E-state index is 14.8. The Morgan fingerprint density at radius 1 is 1.00 bits per heavy atom. The van der Waals surface area contributed by atoms with Crippen LogP contribution >= 0.6 is 0 Å². The molecule has 2 fully saturated rings. The van der Waals surface area contributed by atoms with E-state index in [0.717, 1.165) is 44.9 Å². The van der Waals surface area contributed by atoms with E-state index in [2.05, 4.69) is 6.92 Å². The van der Waals surface area contributed by atoms with Gasteiger partial charge < -0.3 is 24.8 Å². The predicted molar refractivity (Wildman–Crippen MR) is 158 cm³/mol. The minimum absolute atomic E-state index is 0.112. The number of hydrogen-bond acceptors (Lipinski definition) is 8. The third kappa shape index (κ3) is 4.89. The van der Waals surface area contributed by atoms with Gasteiger partial charge in [-0.05, 0) is 43.3 Å². The molecule has 0 aliphatic heterocycles. The Balaban J connectivity index is 1.72. The van der Waals surface area contributed by atoms with Crippen molar-refractivity contribution in [2.75, 3.05) is 6.61 Å². The molecule has 0 radical (unpaired) electrons. The van der Waals surface area contributed by atoms with Crippen LogP contribution in [0.1, 0.15) is 112 Å². The van der Waals surface area contributed by atoms with Gasteiger partial charge in [0, 0.05) is 30.1 Å². The Labute approximate surface area is 250 Å². The molecule has 2 unspecified atom stereocenters. The molecule has 0 heterocycles. The first-order valence-corrected chi connectivity index (χ1v) is 16.2. The Hall–Kier alpha value is -2.03. The third-order valence-electron chi connectivity index (χ3n) is 11.0. The van der Waals surface area contributed by atoms with Crippen LogP contribution in [0.3, 0.4) is 0 Å². The first-order chi connectivity index (χ1) is 19.8. The summed E-state index contributed by atoms with van der Waals surface area (Å²) >= 11 is 0. The van der Waals surface area contributed by atoms with Crippen LogP contribution in [-0.2, 0) is 23.9 Å². The van der Waals surface area contributed by atoms with E-state index in [1.165, 1.54) is 0 Å². The average Bonchev–Trinajstić information content (AvgIpc) is 3.33. The lowest BCUT2D eigenvalue weighted by molar-refractivity contribution is -0.204. The van der Waals surface area contributed by atoms with Crippen molar-refractivity contribution in [3.63, 3.8) is 0 Å². The van der Waals surface area contributed by atoms with E-state index in [-0.39, 0.29) is 29.7 Å². The maximum Gasteiger partial charge on any atom is 0.306 e. The number of fused-ring (bicyclic) bond motifs is 3. The van der Waals surface area contributed by atoms with Gasteiger partial charge in [-0.25, -0.2) is 0 Å². The van der Waals surface area contributed by atoms with Gasteiger partial charge in [0.1, 0.15) is 11.7 Å². The summed E-state index contributed by atoms with van der Waals surface area (Å²) in [5.74, 6) is -2.85. The quantitative estimate of drug-likeness (QED) is 0.156. The van der Waals surface area contributed by atoms with Crippen LogP contribution in [0.5, 0.6) is 0 Å². The molecule has 4 rings (SSSR count). The molecule has 4 aliphatic carbocycles. The zero-order valence-electron chi connectivity index (χ0n) is 26.4. The topological polar surface area (TPSA) is 130 Å². The smallest absolute Gasteiger partial charge is 0.306 e. The van der Waals surface area contributed by atoms with E-state index in [0.29, 0.717) is 24.8 Å². The molecule has 236 valence electrons. The van der Waals surface area contributed by atoms with Crippen molar-refractivity contribution in [1.29, 1.82) is 0 Å². The van der Waals surface area contributed by atoms with Gasteiger partial charge in [0.2, 0.25) is 0 Å². The summed E-state index contributed by atoms with van der Waals surface area (Å²) in [5.41, 5.74) is -4.69. The predicted octanol–water partition coefficient (Wildman–Crippen LogP) is 4.97. The lowest BCUT2D eigenvalue weighted by Crippen LogP contribution is -2.66. The second-order valence-electron chi connectivity index (χ2n) is 13.9. The van der Waals surface area contributed by atoms with Crippen molar-refractivity contribution in [3.8, 4) is 0 Å². The Morgan fingerprint density at radius 2 is 1.60 bits per heavy atom. The lowest BCUT2D eigenvalue weighted by Gasteiger charge is -2.49. The van der Waals surface area contributed by atoms with Gasteiger partial charge in [0.15, 0.2) is 17.5 Å².